The molecular weight excluding hydrogens is 290 g/mol. The van der Waals surface area contributed by atoms with Crippen molar-refractivity contribution in [2.75, 3.05) is 13.2 Å². The van der Waals surface area contributed by atoms with Gasteiger partial charge >= 0.3 is 6.09 Å². The molecule has 0 saturated carbocycles. The first-order valence-electron chi connectivity index (χ1n) is 7.74. The fourth-order valence-electron chi connectivity index (χ4n) is 2.54. The van der Waals surface area contributed by atoms with Crippen LogP contribution in [0.15, 0.2) is 60.7 Å². The first kappa shape index (κ1) is 17.0. The van der Waals surface area contributed by atoms with Gasteiger partial charge in [-0.2, -0.15) is 0 Å². The predicted molar refractivity (Wildman–Crippen MR) is 90.4 cm³/mol. The highest BCUT2D eigenvalue weighted by Gasteiger charge is 2.35. The van der Waals surface area contributed by atoms with E-state index in [0.29, 0.717) is 0 Å². The topological polar surface area (TPSA) is 58.6 Å². The maximum absolute atomic E-state index is 11.9. The molecule has 0 aromatic heterocycles. The van der Waals surface area contributed by atoms with E-state index >= 15 is 0 Å². The zero-order valence-corrected chi connectivity index (χ0v) is 13.5. The molecule has 0 saturated heterocycles. The number of carbonyl (C=O) groups is 1. The van der Waals surface area contributed by atoms with E-state index in [1.807, 2.05) is 74.5 Å². The number of aliphatic hydroxyl groups excluding tert-OH is 1. The minimum absolute atomic E-state index is 0.000484. The zero-order valence-electron chi connectivity index (χ0n) is 13.5. The molecule has 122 valence electrons. The van der Waals surface area contributed by atoms with E-state index in [0.717, 1.165) is 11.1 Å². The molecular formula is C19H23NO3. The lowest BCUT2D eigenvalue weighted by atomic mass is 9.76. The molecule has 2 aromatic rings. The fourth-order valence-corrected chi connectivity index (χ4v) is 2.54. The highest BCUT2D eigenvalue weighted by molar-refractivity contribution is 5.67. The molecule has 0 atom stereocenters. The molecule has 2 aromatic carbocycles. The molecule has 0 heterocycles. The minimum Gasteiger partial charge on any atom is -0.448 e. The molecule has 0 bridgehead atoms. The zero-order chi connectivity index (χ0) is 16.7. The summed E-state index contributed by atoms with van der Waals surface area (Å²) < 4.78 is 5.41. The smallest absolute Gasteiger partial charge is 0.407 e. The molecule has 4 heteroatoms. The highest BCUT2D eigenvalue weighted by atomic mass is 16.5. The molecule has 0 aliphatic carbocycles. The summed E-state index contributed by atoms with van der Waals surface area (Å²) in [7, 11) is 0. The molecule has 0 unspecified atom stereocenters. The van der Waals surface area contributed by atoms with Crippen LogP contribution in [-0.2, 0) is 10.2 Å². The molecule has 4 nitrogen and oxygen atoms in total. The standard InChI is InChI=1S/C19H23NO3/c1-15(2)20-18(22)23-14-19(13-21,16-9-5-3-6-10-16)17-11-7-4-8-12-17/h3-12,15,21H,13-14H2,1-2H3,(H,20,22). The van der Waals surface area contributed by atoms with Crippen LogP contribution in [0.25, 0.3) is 0 Å². The summed E-state index contributed by atoms with van der Waals surface area (Å²) in [4.78, 5) is 11.9. The van der Waals surface area contributed by atoms with Crippen LogP contribution in [0.4, 0.5) is 4.79 Å². The number of carbonyl (C=O) groups excluding carboxylic acids is 1. The Morgan fingerprint density at radius 3 is 1.91 bits per heavy atom. The number of aliphatic hydroxyl groups is 1. The molecule has 23 heavy (non-hydrogen) atoms. The number of ether oxygens (including phenoxy) is 1. The van der Waals surface area contributed by atoms with Gasteiger partial charge in [-0.15, -0.1) is 0 Å². The van der Waals surface area contributed by atoms with Crippen LogP contribution < -0.4 is 5.32 Å². The summed E-state index contributed by atoms with van der Waals surface area (Å²) in [5, 5.41) is 12.9. The van der Waals surface area contributed by atoms with Gasteiger partial charge in [0.1, 0.15) is 6.61 Å². The van der Waals surface area contributed by atoms with Crippen LogP contribution in [0.3, 0.4) is 0 Å². The van der Waals surface area contributed by atoms with E-state index in [4.69, 9.17) is 4.74 Å². The Hall–Kier alpha value is -2.33. The number of amides is 1. The second-order valence-electron chi connectivity index (χ2n) is 5.85. The second kappa shape index (κ2) is 7.79. The van der Waals surface area contributed by atoms with Crippen molar-refractivity contribution in [1.29, 1.82) is 0 Å². The summed E-state index contributed by atoms with van der Waals surface area (Å²) >= 11 is 0. The molecule has 0 aliphatic rings. The van der Waals surface area contributed by atoms with Gasteiger partial charge in [-0.1, -0.05) is 60.7 Å². The first-order valence-corrected chi connectivity index (χ1v) is 7.74. The molecule has 0 aliphatic heterocycles. The van der Waals surface area contributed by atoms with Crippen LogP contribution in [0, 0.1) is 0 Å². The van der Waals surface area contributed by atoms with Gasteiger partial charge < -0.3 is 15.2 Å². The number of nitrogens with one attached hydrogen (secondary N) is 1. The van der Waals surface area contributed by atoms with Gasteiger partial charge in [-0.25, -0.2) is 4.79 Å². The Bertz CT molecular complexity index is 572. The van der Waals surface area contributed by atoms with Crippen LogP contribution in [0.1, 0.15) is 25.0 Å². The van der Waals surface area contributed by atoms with Crippen molar-refractivity contribution in [3.8, 4) is 0 Å². The van der Waals surface area contributed by atoms with E-state index in [1.165, 1.54) is 0 Å². The van der Waals surface area contributed by atoms with Gasteiger partial charge in [0.05, 0.1) is 12.0 Å². The predicted octanol–water partition coefficient (Wildman–Crippen LogP) is 3.10. The van der Waals surface area contributed by atoms with Gasteiger partial charge in [0.25, 0.3) is 0 Å². The largest absolute Gasteiger partial charge is 0.448 e. The average Bonchev–Trinajstić information content (AvgIpc) is 2.57. The van der Waals surface area contributed by atoms with Crippen molar-refractivity contribution < 1.29 is 14.6 Å². The number of alkyl carbamates (subject to hydrolysis) is 1. The fraction of sp³-hybridized carbons (Fsp3) is 0.316. The third kappa shape index (κ3) is 4.11. The lowest BCUT2D eigenvalue weighted by Crippen LogP contribution is -2.40. The second-order valence-corrected chi connectivity index (χ2v) is 5.85. The minimum atomic E-state index is -0.781. The summed E-state index contributed by atoms with van der Waals surface area (Å²) in [5.41, 5.74) is 1.04. The maximum atomic E-state index is 11.9. The quantitative estimate of drug-likeness (QED) is 0.861. The highest BCUT2D eigenvalue weighted by Crippen LogP contribution is 2.32. The van der Waals surface area contributed by atoms with Crippen LogP contribution in [0.5, 0.6) is 0 Å². The normalized spacial score (nSPS) is 11.3. The Morgan fingerprint density at radius 2 is 1.52 bits per heavy atom. The summed E-state index contributed by atoms with van der Waals surface area (Å²) in [5.74, 6) is 0. The summed E-state index contributed by atoms with van der Waals surface area (Å²) in [6, 6.07) is 19.2. The van der Waals surface area contributed by atoms with Crippen molar-refractivity contribution in [2.45, 2.75) is 25.3 Å². The third-order valence-electron chi connectivity index (χ3n) is 3.78. The van der Waals surface area contributed by atoms with Crippen molar-refractivity contribution in [3.63, 3.8) is 0 Å². The van der Waals surface area contributed by atoms with E-state index in [-0.39, 0.29) is 19.3 Å². The van der Waals surface area contributed by atoms with Crippen molar-refractivity contribution in [2.24, 2.45) is 0 Å². The van der Waals surface area contributed by atoms with E-state index < -0.39 is 11.5 Å². The summed E-state index contributed by atoms with van der Waals surface area (Å²) in [6.07, 6.45) is -0.482. The number of rotatable bonds is 6. The van der Waals surface area contributed by atoms with Crippen molar-refractivity contribution in [1.82, 2.24) is 5.32 Å². The summed E-state index contributed by atoms with van der Waals surface area (Å²) in [6.45, 7) is 3.65. The van der Waals surface area contributed by atoms with Gasteiger partial charge in [-0.05, 0) is 25.0 Å². The maximum Gasteiger partial charge on any atom is 0.407 e. The number of hydrogen-bond acceptors (Lipinski definition) is 3. The number of hydrogen-bond donors (Lipinski definition) is 2. The molecule has 2 N–H and O–H groups in total. The SMILES string of the molecule is CC(C)NC(=O)OCC(CO)(c1ccccc1)c1ccccc1. The molecule has 0 fully saturated rings. The average molecular weight is 313 g/mol. The third-order valence-corrected chi connectivity index (χ3v) is 3.78. The number of benzene rings is 2. The van der Waals surface area contributed by atoms with Crippen LogP contribution in [-0.4, -0.2) is 30.5 Å². The molecule has 1 amide bonds. The van der Waals surface area contributed by atoms with E-state index in [2.05, 4.69) is 5.32 Å². The Morgan fingerprint density at radius 1 is 1.04 bits per heavy atom. The molecule has 0 spiro atoms. The van der Waals surface area contributed by atoms with E-state index in [1.54, 1.807) is 0 Å². The van der Waals surface area contributed by atoms with Crippen LogP contribution >= 0.6 is 0 Å². The Kier molecular flexibility index (Phi) is 5.77. The van der Waals surface area contributed by atoms with Crippen molar-refractivity contribution >= 4 is 6.09 Å². The Labute approximate surface area is 137 Å². The lowest BCUT2D eigenvalue weighted by molar-refractivity contribution is 0.0981. The van der Waals surface area contributed by atoms with Gasteiger partial charge in [0.15, 0.2) is 0 Å². The molecule has 2 rings (SSSR count). The van der Waals surface area contributed by atoms with Gasteiger partial charge in [-0.3, -0.25) is 0 Å². The van der Waals surface area contributed by atoms with E-state index in [9.17, 15) is 9.90 Å². The monoisotopic (exact) mass is 313 g/mol. The van der Waals surface area contributed by atoms with Crippen LogP contribution in [0.2, 0.25) is 0 Å². The van der Waals surface area contributed by atoms with Crippen molar-refractivity contribution in [3.05, 3.63) is 71.8 Å². The molecule has 0 radical (unpaired) electrons. The first-order chi connectivity index (χ1) is 11.1. The van der Waals surface area contributed by atoms with Gasteiger partial charge in [0, 0.05) is 6.04 Å². The van der Waals surface area contributed by atoms with Gasteiger partial charge in [0.2, 0.25) is 0 Å². The lowest BCUT2D eigenvalue weighted by Gasteiger charge is -2.32. The Balaban J connectivity index is 2.33.